The molecule has 0 radical (unpaired) electrons. The molecule has 0 bridgehead atoms. The lowest BCUT2D eigenvalue weighted by atomic mass is 10.1. The normalized spacial score (nSPS) is 10.6. The Labute approximate surface area is 163 Å². The summed E-state index contributed by atoms with van der Waals surface area (Å²) in [6, 6.07) is 16.0. The van der Waals surface area contributed by atoms with Gasteiger partial charge in [-0.1, -0.05) is 0 Å². The first-order valence-corrected chi connectivity index (χ1v) is 8.41. The van der Waals surface area contributed by atoms with Crippen LogP contribution >= 0.6 is 0 Å². The second-order valence-electron chi connectivity index (χ2n) is 6.32. The highest BCUT2D eigenvalue weighted by molar-refractivity contribution is 6.09. The maximum absolute atomic E-state index is 11.2. The number of pyridine rings is 1. The van der Waals surface area contributed by atoms with E-state index >= 15 is 0 Å². The van der Waals surface area contributed by atoms with Crippen molar-refractivity contribution in [3.63, 3.8) is 0 Å². The highest BCUT2D eigenvalue weighted by Crippen LogP contribution is 2.36. The number of nitrogens with one attached hydrogen (secondary N) is 1. The fourth-order valence-electron chi connectivity index (χ4n) is 3.16. The minimum Gasteiger partial charge on any atom is -0.399 e. The Morgan fingerprint density at radius 3 is 2.48 bits per heavy atom. The molecule has 0 amide bonds. The van der Waals surface area contributed by atoms with Gasteiger partial charge in [0.15, 0.2) is 0 Å². The van der Waals surface area contributed by atoms with E-state index in [0.717, 1.165) is 0 Å². The van der Waals surface area contributed by atoms with Crippen LogP contribution in [-0.4, -0.2) is 9.91 Å². The molecular weight excluding hydrogens is 372 g/mol. The lowest BCUT2D eigenvalue weighted by Gasteiger charge is -2.14. The largest absolute Gasteiger partial charge is 0.399 e. The van der Waals surface area contributed by atoms with Crippen molar-refractivity contribution in [2.75, 3.05) is 11.1 Å². The molecule has 0 spiro atoms. The minimum absolute atomic E-state index is 0.101. The number of nitrogens with two attached hydrogens (primary N) is 1. The van der Waals surface area contributed by atoms with Gasteiger partial charge in [-0.3, -0.25) is 10.1 Å². The average Bonchev–Trinajstić information content (AvgIpc) is 2.72. The smallest absolute Gasteiger partial charge is 0.271 e. The Morgan fingerprint density at radius 1 is 1.07 bits per heavy atom. The fourth-order valence-corrected chi connectivity index (χ4v) is 3.16. The van der Waals surface area contributed by atoms with Crippen molar-refractivity contribution >= 4 is 50.2 Å². The molecule has 0 saturated heterocycles. The molecule has 4 aromatic rings. The predicted octanol–water partition coefficient (Wildman–Crippen LogP) is 4.89. The molecule has 0 fully saturated rings. The van der Waals surface area contributed by atoms with Crippen LogP contribution in [0.4, 0.5) is 28.4 Å². The number of aromatic nitrogens is 1. The zero-order valence-corrected chi connectivity index (χ0v) is 14.8. The molecular formula is C20H12N6O3. The predicted molar refractivity (Wildman–Crippen MR) is 110 cm³/mol. The molecule has 0 aliphatic heterocycles. The molecule has 0 atom stereocenters. The van der Waals surface area contributed by atoms with Gasteiger partial charge in [0.05, 0.1) is 33.3 Å². The van der Waals surface area contributed by atoms with E-state index in [1.165, 1.54) is 18.2 Å². The molecule has 9 nitrogen and oxygen atoms in total. The molecule has 9 heteroatoms. The van der Waals surface area contributed by atoms with Crippen molar-refractivity contribution in [3.05, 3.63) is 75.2 Å². The summed E-state index contributed by atoms with van der Waals surface area (Å²) in [7, 11) is 0. The first-order chi connectivity index (χ1) is 14.0. The third kappa shape index (κ3) is 3.26. The first kappa shape index (κ1) is 17.8. The van der Waals surface area contributed by atoms with E-state index in [0.29, 0.717) is 44.4 Å². The van der Waals surface area contributed by atoms with E-state index in [-0.39, 0.29) is 11.4 Å². The highest BCUT2D eigenvalue weighted by atomic mass is 16.6. The van der Waals surface area contributed by atoms with Gasteiger partial charge in [-0.25, -0.2) is 4.98 Å². The number of benzene rings is 3. The van der Waals surface area contributed by atoms with Crippen molar-refractivity contribution < 1.29 is 4.92 Å². The van der Waals surface area contributed by atoms with Crippen molar-refractivity contribution in [2.45, 2.75) is 0 Å². The summed E-state index contributed by atoms with van der Waals surface area (Å²) >= 11 is 0. The number of nitrogens with zero attached hydrogens (tertiary/aromatic N) is 4. The van der Waals surface area contributed by atoms with Gasteiger partial charge >= 0.3 is 0 Å². The zero-order valence-electron chi connectivity index (χ0n) is 14.8. The van der Waals surface area contributed by atoms with Crippen molar-refractivity contribution in [3.8, 4) is 6.07 Å². The van der Waals surface area contributed by atoms with E-state index in [1.54, 1.807) is 36.4 Å². The lowest BCUT2D eigenvalue weighted by Crippen LogP contribution is -1.98. The van der Waals surface area contributed by atoms with E-state index < -0.39 is 4.92 Å². The number of nitroso groups, excluding NO2 is 1. The van der Waals surface area contributed by atoms with Gasteiger partial charge in [0.2, 0.25) is 0 Å². The number of fused-ring (bicyclic) bond motifs is 2. The number of non-ortho nitro benzene ring substituents is 1. The molecule has 0 aliphatic carbocycles. The first-order valence-electron chi connectivity index (χ1n) is 8.41. The van der Waals surface area contributed by atoms with Gasteiger partial charge in [0, 0.05) is 34.3 Å². The summed E-state index contributed by atoms with van der Waals surface area (Å²) in [4.78, 5) is 26.0. The number of rotatable bonds is 4. The lowest BCUT2D eigenvalue weighted by molar-refractivity contribution is -0.384. The number of hydrogen-bond acceptors (Lipinski definition) is 8. The van der Waals surface area contributed by atoms with E-state index in [9.17, 15) is 20.3 Å². The van der Waals surface area contributed by atoms with E-state index in [1.807, 2.05) is 6.07 Å². The van der Waals surface area contributed by atoms with Crippen LogP contribution in [0, 0.1) is 26.4 Å². The van der Waals surface area contributed by atoms with Crippen LogP contribution in [0.25, 0.3) is 21.8 Å². The molecule has 0 saturated carbocycles. The Morgan fingerprint density at radius 2 is 1.79 bits per heavy atom. The van der Waals surface area contributed by atoms with Gasteiger partial charge in [0.1, 0.15) is 5.69 Å². The minimum atomic E-state index is -0.501. The maximum atomic E-state index is 11.2. The zero-order chi connectivity index (χ0) is 20.5. The second-order valence-corrected chi connectivity index (χ2v) is 6.32. The molecule has 1 aromatic heterocycles. The number of nitrogen functional groups attached to an aromatic ring is 1. The Hall–Kier alpha value is -4.58. The molecule has 140 valence electrons. The van der Waals surface area contributed by atoms with Crippen molar-refractivity contribution in [1.29, 1.82) is 5.26 Å². The van der Waals surface area contributed by atoms with Crippen LogP contribution in [0.3, 0.4) is 0 Å². The summed E-state index contributed by atoms with van der Waals surface area (Å²) in [6.45, 7) is 0. The summed E-state index contributed by atoms with van der Waals surface area (Å²) in [5, 5.41) is 27.8. The number of hydrogen-bond donors (Lipinski definition) is 2. The number of nitro groups is 1. The summed E-state index contributed by atoms with van der Waals surface area (Å²) < 4.78 is 0. The van der Waals surface area contributed by atoms with Crippen LogP contribution in [0.15, 0.2) is 59.8 Å². The monoisotopic (exact) mass is 384 g/mol. The summed E-state index contributed by atoms with van der Waals surface area (Å²) in [5.41, 5.74) is 8.79. The molecule has 29 heavy (non-hydrogen) atoms. The number of anilines is 3. The van der Waals surface area contributed by atoms with Crippen molar-refractivity contribution in [1.82, 2.24) is 4.98 Å². The summed E-state index contributed by atoms with van der Waals surface area (Å²) in [6.07, 6.45) is 0. The van der Waals surface area contributed by atoms with Crippen LogP contribution in [0.5, 0.6) is 0 Å². The van der Waals surface area contributed by atoms with Crippen LogP contribution in [-0.2, 0) is 0 Å². The van der Waals surface area contributed by atoms with Gasteiger partial charge in [-0.15, -0.1) is 4.91 Å². The fraction of sp³-hybridized carbons (Fsp3) is 0. The average molecular weight is 384 g/mol. The standard InChI is InChI=1S/C20H12N6O3/c21-10-11-5-12(22)7-14(6-11)23-20-16-3-1-13(25-27)8-18(16)24-19-9-15(26(28)29)2-4-17(19)20/h1-9H,22H2,(H,23,24). The van der Waals surface area contributed by atoms with Gasteiger partial charge < -0.3 is 11.1 Å². The highest BCUT2D eigenvalue weighted by Gasteiger charge is 2.14. The molecule has 0 aliphatic rings. The summed E-state index contributed by atoms with van der Waals surface area (Å²) in [5.74, 6) is 0. The molecule has 3 N–H and O–H groups in total. The van der Waals surface area contributed by atoms with Gasteiger partial charge in [-0.05, 0) is 47.6 Å². The Kier molecular flexibility index (Phi) is 4.22. The van der Waals surface area contributed by atoms with Crippen LogP contribution < -0.4 is 11.1 Å². The van der Waals surface area contributed by atoms with Crippen LogP contribution in [0.2, 0.25) is 0 Å². The molecule has 0 unspecified atom stereocenters. The molecule has 1 heterocycles. The van der Waals surface area contributed by atoms with Gasteiger partial charge in [0.25, 0.3) is 5.69 Å². The number of nitriles is 1. The quantitative estimate of drug-likeness (QED) is 0.167. The topological polar surface area (TPSA) is 147 Å². The van der Waals surface area contributed by atoms with Crippen LogP contribution in [0.1, 0.15) is 5.56 Å². The van der Waals surface area contributed by atoms with E-state index in [4.69, 9.17) is 5.73 Å². The SMILES string of the molecule is N#Cc1cc(N)cc(Nc2c3ccc(N=O)cc3nc3cc([N+](=O)[O-])ccc23)c1. The Balaban J connectivity index is 2.00. The molecule has 3 aromatic carbocycles. The third-order valence-electron chi connectivity index (χ3n) is 4.41. The maximum Gasteiger partial charge on any atom is 0.271 e. The van der Waals surface area contributed by atoms with E-state index in [2.05, 4.69) is 15.5 Å². The third-order valence-corrected chi connectivity index (χ3v) is 4.41. The van der Waals surface area contributed by atoms with Crippen molar-refractivity contribution in [2.24, 2.45) is 5.18 Å². The molecule has 4 rings (SSSR count). The Bertz CT molecular complexity index is 1360. The second kappa shape index (κ2) is 6.86. The number of nitro benzene ring substituents is 1. The van der Waals surface area contributed by atoms with Gasteiger partial charge in [-0.2, -0.15) is 5.26 Å².